The molecule has 0 fully saturated rings. The van der Waals surface area contributed by atoms with Crippen molar-refractivity contribution in [3.8, 4) is 5.88 Å². The van der Waals surface area contributed by atoms with Crippen molar-refractivity contribution < 1.29 is 14.6 Å². The highest BCUT2D eigenvalue weighted by Gasteiger charge is 2.14. The summed E-state index contributed by atoms with van der Waals surface area (Å²) in [6, 6.07) is 9.13. The van der Waals surface area contributed by atoms with Gasteiger partial charge in [0, 0.05) is 11.6 Å². The first-order chi connectivity index (χ1) is 11.5. The van der Waals surface area contributed by atoms with Crippen molar-refractivity contribution in [2.45, 2.75) is 19.3 Å². The second-order valence-corrected chi connectivity index (χ2v) is 5.69. The summed E-state index contributed by atoms with van der Waals surface area (Å²) in [5.41, 5.74) is 8.60. The molecule has 24 heavy (non-hydrogen) atoms. The van der Waals surface area contributed by atoms with Gasteiger partial charge in [0.25, 0.3) is 0 Å². The SMILES string of the molecule is COC(=O)c1ccc(CC(C)c2cc3c(O)nc(N)nc3[nH]2)cc1. The van der Waals surface area contributed by atoms with E-state index in [1.165, 1.54) is 7.11 Å². The van der Waals surface area contributed by atoms with Crippen LogP contribution in [0.5, 0.6) is 5.88 Å². The number of nitrogens with two attached hydrogens (primary N) is 1. The zero-order chi connectivity index (χ0) is 17.3. The number of hydrogen-bond donors (Lipinski definition) is 3. The third kappa shape index (κ3) is 3.01. The van der Waals surface area contributed by atoms with E-state index in [0.29, 0.717) is 16.6 Å². The molecule has 0 amide bonds. The molecule has 0 saturated carbocycles. The quantitative estimate of drug-likeness (QED) is 0.634. The molecule has 3 aromatic rings. The second kappa shape index (κ2) is 6.19. The fourth-order valence-corrected chi connectivity index (χ4v) is 2.65. The van der Waals surface area contributed by atoms with Gasteiger partial charge in [0.1, 0.15) is 5.65 Å². The average Bonchev–Trinajstić information content (AvgIpc) is 2.99. The van der Waals surface area contributed by atoms with Crippen LogP contribution in [0.15, 0.2) is 30.3 Å². The first-order valence-corrected chi connectivity index (χ1v) is 7.50. The highest BCUT2D eigenvalue weighted by atomic mass is 16.5. The van der Waals surface area contributed by atoms with Gasteiger partial charge in [0.2, 0.25) is 11.8 Å². The Kier molecular flexibility index (Phi) is 4.07. The van der Waals surface area contributed by atoms with Crippen molar-refractivity contribution >= 4 is 23.0 Å². The number of methoxy groups -OCH3 is 1. The molecule has 4 N–H and O–H groups in total. The molecule has 2 aromatic heterocycles. The number of carbonyl (C=O) groups is 1. The van der Waals surface area contributed by atoms with E-state index in [2.05, 4.69) is 21.9 Å². The van der Waals surface area contributed by atoms with Crippen LogP contribution in [0.2, 0.25) is 0 Å². The Balaban J connectivity index is 1.81. The number of benzene rings is 1. The van der Waals surface area contributed by atoms with E-state index in [1.807, 2.05) is 18.2 Å². The van der Waals surface area contributed by atoms with Crippen LogP contribution in [0.1, 0.15) is 34.5 Å². The van der Waals surface area contributed by atoms with Crippen LogP contribution in [-0.4, -0.2) is 33.1 Å². The van der Waals surface area contributed by atoms with Gasteiger partial charge in [0.05, 0.1) is 18.1 Å². The van der Waals surface area contributed by atoms with Crippen LogP contribution in [0.4, 0.5) is 5.95 Å². The van der Waals surface area contributed by atoms with E-state index in [1.54, 1.807) is 12.1 Å². The smallest absolute Gasteiger partial charge is 0.337 e. The molecule has 7 heteroatoms. The van der Waals surface area contributed by atoms with Gasteiger partial charge in [-0.15, -0.1) is 0 Å². The summed E-state index contributed by atoms with van der Waals surface area (Å²) in [6.07, 6.45) is 0.762. The number of ether oxygens (including phenoxy) is 1. The van der Waals surface area contributed by atoms with Crippen molar-refractivity contribution in [1.82, 2.24) is 15.0 Å². The standard InChI is InChI=1S/C17H18N4O3/c1-9(7-10-3-5-11(6-4-10)16(23)24-2)13-8-12-14(19-13)20-17(18)21-15(12)22/h3-6,8-9H,7H2,1-2H3,(H4,18,19,20,21,22). The second-order valence-electron chi connectivity index (χ2n) is 5.69. The number of anilines is 1. The van der Waals surface area contributed by atoms with Crippen molar-refractivity contribution in [3.63, 3.8) is 0 Å². The van der Waals surface area contributed by atoms with Gasteiger partial charge in [-0.2, -0.15) is 9.97 Å². The molecule has 0 spiro atoms. The van der Waals surface area contributed by atoms with Gasteiger partial charge >= 0.3 is 5.97 Å². The summed E-state index contributed by atoms with van der Waals surface area (Å²) >= 11 is 0. The molecule has 0 aliphatic heterocycles. The summed E-state index contributed by atoms with van der Waals surface area (Å²) in [5, 5.41) is 10.4. The number of aromatic hydroxyl groups is 1. The maximum Gasteiger partial charge on any atom is 0.337 e. The number of nitrogen functional groups attached to an aromatic ring is 1. The van der Waals surface area contributed by atoms with E-state index in [9.17, 15) is 9.90 Å². The number of fused-ring (bicyclic) bond motifs is 1. The Morgan fingerprint density at radius 1 is 1.33 bits per heavy atom. The zero-order valence-electron chi connectivity index (χ0n) is 13.4. The molecular weight excluding hydrogens is 308 g/mol. The van der Waals surface area contributed by atoms with Crippen LogP contribution in [0.3, 0.4) is 0 Å². The molecule has 0 aliphatic rings. The zero-order valence-corrected chi connectivity index (χ0v) is 13.4. The Labute approximate surface area is 138 Å². The van der Waals surface area contributed by atoms with Crippen molar-refractivity contribution in [3.05, 3.63) is 47.2 Å². The number of carbonyl (C=O) groups excluding carboxylic acids is 1. The number of rotatable bonds is 4. The molecule has 0 bridgehead atoms. The molecule has 3 rings (SSSR count). The van der Waals surface area contributed by atoms with E-state index in [0.717, 1.165) is 17.7 Å². The van der Waals surface area contributed by atoms with Gasteiger partial charge in [-0.25, -0.2) is 4.79 Å². The Morgan fingerprint density at radius 2 is 2.04 bits per heavy atom. The van der Waals surface area contributed by atoms with Crippen LogP contribution in [-0.2, 0) is 11.2 Å². The normalized spacial score (nSPS) is 12.2. The summed E-state index contributed by atoms with van der Waals surface area (Å²) in [5.74, 6) is -0.297. The summed E-state index contributed by atoms with van der Waals surface area (Å²) in [4.78, 5) is 22.5. The van der Waals surface area contributed by atoms with E-state index < -0.39 is 0 Å². The molecule has 1 atom stereocenters. The van der Waals surface area contributed by atoms with Gasteiger partial charge in [-0.05, 0) is 30.2 Å². The Bertz CT molecular complexity index is 887. The predicted octanol–water partition coefficient (Wildman–Crippen LogP) is 2.38. The summed E-state index contributed by atoms with van der Waals surface area (Å²) in [7, 11) is 1.36. The van der Waals surface area contributed by atoms with E-state index in [4.69, 9.17) is 10.5 Å². The lowest BCUT2D eigenvalue weighted by Gasteiger charge is -2.10. The third-order valence-corrected chi connectivity index (χ3v) is 3.95. The number of nitrogens with zero attached hydrogens (tertiary/aromatic N) is 2. The maximum atomic E-state index is 11.5. The van der Waals surface area contributed by atoms with Crippen molar-refractivity contribution in [2.24, 2.45) is 0 Å². The number of esters is 1. The van der Waals surface area contributed by atoms with E-state index in [-0.39, 0.29) is 23.7 Å². The topological polar surface area (TPSA) is 114 Å². The number of nitrogens with one attached hydrogen (secondary N) is 1. The van der Waals surface area contributed by atoms with Crippen LogP contribution in [0.25, 0.3) is 11.0 Å². The van der Waals surface area contributed by atoms with Crippen molar-refractivity contribution in [1.29, 1.82) is 0 Å². The minimum atomic E-state index is -0.350. The highest BCUT2D eigenvalue weighted by Crippen LogP contribution is 2.28. The molecule has 0 radical (unpaired) electrons. The molecule has 2 heterocycles. The molecule has 0 saturated heterocycles. The fourth-order valence-electron chi connectivity index (χ4n) is 2.65. The van der Waals surface area contributed by atoms with Crippen LogP contribution in [0, 0.1) is 0 Å². The first kappa shape index (κ1) is 15.8. The van der Waals surface area contributed by atoms with E-state index >= 15 is 0 Å². The Morgan fingerprint density at radius 3 is 2.71 bits per heavy atom. The van der Waals surface area contributed by atoms with Crippen molar-refractivity contribution in [2.75, 3.05) is 12.8 Å². The molecule has 7 nitrogen and oxygen atoms in total. The molecule has 1 unspecified atom stereocenters. The van der Waals surface area contributed by atoms with Gasteiger partial charge < -0.3 is 20.6 Å². The molecular formula is C17H18N4O3. The lowest BCUT2D eigenvalue weighted by Crippen LogP contribution is -2.02. The minimum Gasteiger partial charge on any atom is -0.493 e. The van der Waals surface area contributed by atoms with Gasteiger partial charge in [-0.1, -0.05) is 19.1 Å². The Hall–Kier alpha value is -3.09. The summed E-state index contributed by atoms with van der Waals surface area (Å²) in [6.45, 7) is 2.06. The fraction of sp³-hybridized carbons (Fsp3) is 0.235. The lowest BCUT2D eigenvalue weighted by molar-refractivity contribution is 0.0600. The largest absolute Gasteiger partial charge is 0.493 e. The minimum absolute atomic E-state index is 0.0273. The van der Waals surface area contributed by atoms with Gasteiger partial charge in [-0.3, -0.25) is 0 Å². The molecule has 1 aromatic carbocycles. The van der Waals surface area contributed by atoms with Crippen LogP contribution >= 0.6 is 0 Å². The van der Waals surface area contributed by atoms with Crippen LogP contribution < -0.4 is 5.73 Å². The number of aromatic amines is 1. The predicted molar refractivity (Wildman–Crippen MR) is 89.9 cm³/mol. The monoisotopic (exact) mass is 326 g/mol. The number of hydrogen-bond acceptors (Lipinski definition) is 6. The first-order valence-electron chi connectivity index (χ1n) is 7.50. The average molecular weight is 326 g/mol. The maximum absolute atomic E-state index is 11.5. The molecule has 124 valence electrons. The summed E-state index contributed by atoms with van der Waals surface area (Å²) < 4.78 is 4.69. The highest BCUT2D eigenvalue weighted by molar-refractivity contribution is 5.89. The third-order valence-electron chi connectivity index (χ3n) is 3.95. The molecule has 0 aliphatic carbocycles. The lowest BCUT2D eigenvalue weighted by atomic mass is 9.97. The number of H-pyrrole nitrogens is 1. The number of aromatic nitrogens is 3. The van der Waals surface area contributed by atoms with Gasteiger partial charge in [0.15, 0.2) is 0 Å².